The number of aryl methyl sites for hydroxylation is 1. The lowest BCUT2D eigenvalue weighted by Crippen LogP contribution is -1.97. The SMILES string of the molecule is O=C(O)CCc1cccc2c(Cl)c[nH]c12. The number of halogens is 1. The van der Waals surface area contributed by atoms with E-state index in [0.29, 0.717) is 11.4 Å². The number of aromatic amines is 1. The third-order valence-electron chi connectivity index (χ3n) is 2.36. The van der Waals surface area contributed by atoms with Gasteiger partial charge in [0.25, 0.3) is 0 Å². The van der Waals surface area contributed by atoms with E-state index in [1.165, 1.54) is 0 Å². The molecule has 15 heavy (non-hydrogen) atoms. The van der Waals surface area contributed by atoms with Crippen LogP contribution in [0.5, 0.6) is 0 Å². The minimum absolute atomic E-state index is 0.135. The van der Waals surface area contributed by atoms with Crippen LogP contribution in [0.15, 0.2) is 24.4 Å². The molecule has 0 bridgehead atoms. The minimum atomic E-state index is -0.787. The number of para-hydroxylation sites is 1. The van der Waals surface area contributed by atoms with Gasteiger partial charge in [-0.25, -0.2) is 0 Å². The number of fused-ring (bicyclic) bond motifs is 1. The van der Waals surface area contributed by atoms with E-state index < -0.39 is 5.97 Å². The van der Waals surface area contributed by atoms with Gasteiger partial charge in [0.2, 0.25) is 0 Å². The third kappa shape index (κ3) is 1.97. The molecule has 0 atom stereocenters. The summed E-state index contributed by atoms with van der Waals surface area (Å²) >= 11 is 5.96. The highest BCUT2D eigenvalue weighted by Crippen LogP contribution is 2.25. The van der Waals surface area contributed by atoms with E-state index in [4.69, 9.17) is 16.7 Å². The molecule has 4 heteroatoms. The Balaban J connectivity index is 2.38. The van der Waals surface area contributed by atoms with Crippen LogP contribution in [0.1, 0.15) is 12.0 Å². The van der Waals surface area contributed by atoms with Crippen molar-refractivity contribution >= 4 is 28.5 Å². The van der Waals surface area contributed by atoms with Crippen LogP contribution in [0, 0.1) is 0 Å². The highest BCUT2D eigenvalue weighted by Gasteiger charge is 2.06. The fourth-order valence-corrected chi connectivity index (χ4v) is 1.84. The highest BCUT2D eigenvalue weighted by atomic mass is 35.5. The van der Waals surface area contributed by atoms with Gasteiger partial charge in [-0.1, -0.05) is 29.8 Å². The van der Waals surface area contributed by atoms with Crippen LogP contribution in [0.3, 0.4) is 0 Å². The van der Waals surface area contributed by atoms with Crippen molar-refractivity contribution in [2.45, 2.75) is 12.8 Å². The molecule has 3 nitrogen and oxygen atoms in total. The van der Waals surface area contributed by atoms with Crippen molar-refractivity contribution in [3.8, 4) is 0 Å². The predicted octanol–water partition coefficient (Wildman–Crippen LogP) is 2.84. The Morgan fingerprint density at radius 3 is 3.00 bits per heavy atom. The first kappa shape index (κ1) is 10.1. The summed E-state index contributed by atoms with van der Waals surface area (Å²) in [6, 6.07) is 5.72. The molecule has 0 saturated carbocycles. The zero-order valence-corrected chi connectivity index (χ0v) is 8.71. The highest BCUT2D eigenvalue weighted by molar-refractivity contribution is 6.35. The minimum Gasteiger partial charge on any atom is -0.481 e. The number of aromatic nitrogens is 1. The van der Waals surface area contributed by atoms with E-state index >= 15 is 0 Å². The van der Waals surface area contributed by atoms with Crippen LogP contribution >= 0.6 is 11.6 Å². The largest absolute Gasteiger partial charge is 0.481 e. The summed E-state index contributed by atoms with van der Waals surface area (Å²) in [7, 11) is 0. The fourth-order valence-electron chi connectivity index (χ4n) is 1.63. The first-order valence-electron chi connectivity index (χ1n) is 4.65. The second-order valence-corrected chi connectivity index (χ2v) is 3.78. The Kier molecular flexibility index (Phi) is 2.64. The summed E-state index contributed by atoms with van der Waals surface area (Å²) in [5.41, 5.74) is 1.92. The molecule has 0 spiro atoms. The topological polar surface area (TPSA) is 53.1 Å². The molecule has 2 aromatic rings. The van der Waals surface area contributed by atoms with Crippen molar-refractivity contribution < 1.29 is 9.90 Å². The Morgan fingerprint density at radius 1 is 1.47 bits per heavy atom. The number of hydrogen-bond donors (Lipinski definition) is 2. The van der Waals surface area contributed by atoms with Crippen LogP contribution in [0.2, 0.25) is 5.02 Å². The Hall–Kier alpha value is -1.48. The molecule has 0 saturated heterocycles. The predicted molar refractivity (Wildman–Crippen MR) is 59.3 cm³/mol. The smallest absolute Gasteiger partial charge is 0.303 e. The van der Waals surface area contributed by atoms with Crippen LogP contribution in [-0.4, -0.2) is 16.1 Å². The number of nitrogens with one attached hydrogen (secondary N) is 1. The maximum atomic E-state index is 10.5. The monoisotopic (exact) mass is 223 g/mol. The summed E-state index contributed by atoms with van der Waals surface area (Å²) in [5.74, 6) is -0.787. The van der Waals surface area contributed by atoms with Gasteiger partial charge in [-0.2, -0.15) is 0 Å². The fraction of sp³-hybridized carbons (Fsp3) is 0.182. The summed E-state index contributed by atoms with van der Waals surface area (Å²) < 4.78 is 0. The van der Waals surface area contributed by atoms with Gasteiger partial charge in [0, 0.05) is 18.0 Å². The van der Waals surface area contributed by atoms with Crippen molar-refractivity contribution in [3.63, 3.8) is 0 Å². The van der Waals surface area contributed by atoms with Gasteiger partial charge in [-0.05, 0) is 12.0 Å². The number of carboxylic acid groups (broad SMARTS) is 1. The molecule has 0 fully saturated rings. The Bertz CT molecular complexity index is 504. The second kappa shape index (κ2) is 3.95. The van der Waals surface area contributed by atoms with Crippen LogP contribution in [0.25, 0.3) is 10.9 Å². The zero-order valence-electron chi connectivity index (χ0n) is 7.96. The molecule has 2 N–H and O–H groups in total. The molecule has 0 radical (unpaired) electrons. The molecule has 1 aromatic carbocycles. The summed E-state index contributed by atoms with van der Waals surface area (Å²) in [4.78, 5) is 13.5. The first-order chi connectivity index (χ1) is 7.18. The Morgan fingerprint density at radius 2 is 2.27 bits per heavy atom. The average Bonchev–Trinajstić information content (AvgIpc) is 2.58. The van der Waals surface area contributed by atoms with Gasteiger partial charge in [-0.3, -0.25) is 4.79 Å². The third-order valence-corrected chi connectivity index (χ3v) is 2.67. The number of aliphatic carboxylic acids is 1. The van der Waals surface area contributed by atoms with E-state index in [1.807, 2.05) is 18.2 Å². The maximum Gasteiger partial charge on any atom is 0.303 e. The van der Waals surface area contributed by atoms with E-state index in [0.717, 1.165) is 16.5 Å². The number of H-pyrrole nitrogens is 1. The molecule has 1 heterocycles. The van der Waals surface area contributed by atoms with Crippen molar-refractivity contribution in [1.29, 1.82) is 0 Å². The molecule has 2 rings (SSSR count). The number of benzene rings is 1. The van der Waals surface area contributed by atoms with Crippen molar-refractivity contribution in [1.82, 2.24) is 4.98 Å². The molecule has 0 aliphatic rings. The lowest BCUT2D eigenvalue weighted by molar-refractivity contribution is -0.136. The van der Waals surface area contributed by atoms with Crippen LogP contribution in [0.4, 0.5) is 0 Å². The van der Waals surface area contributed by atoms with E-state index in [2.05, 4.69) is 4.98 Å². The summed E-state index contributed by atoms with van der Waals surface area (Å²) in [6.07, 6.45) is 2.37. The van der Waals surface area contributed by atoms with E-state index in [1.54, 1.807) is 6.20 Å². The van der Waals surface area contributed by atoms with Gasteiger partial charge < -0.3 is 10.1 Å². The van der Waals surface area contributed by atoms with Gasteiger partial charge in [0.15, 0.2) is 0 Å². The zero-order chi connectivity index (χ0) is 10.8. The van der Waals surface area contributed by atoms with Crippen molar-refractivity contribution in [2.75, 3.05) is 0 Å². The molecule has 0 aliphatic heterocycles. The average molecular weight is 224 g/mol. The first-order valence-corrected chi connectivity index (χ1v) is 5.02. The van der Waals surface area contributed by atoms with E-state index in [9.17, 15) is 4.79 Å². The van der Waals surface area contributed by atoms with Gasteiger partial charge in [-0.15, -0.1) is 0 Å². The van der Waals surface area contributed by atoms with Gasteiger partial charge >= 0.3 is 5.97 Å². The number of carboxylic acids is 1. The van der Waals surface area contributed by atoms with Gasteiger partial charge in [0.1, 0.15) is 0 Å². The van der Waals surface area contributed by atoms with Crippen molar-refractivity contribution in [2.24, 2.45) is 0 Å². The quantitative estimate of drug-likeness (QED) is 0.841. The van der Waals surface area contributed by atoms with Crippen LogP contribution in [-0.2, 0) is 11.2 Å². The Labute approximate surface area is 91.7 Å². The molecule has 0 aliphatic carbocycles. The summed E-state index contributed by atoms with van der Waals surface area (Å²) in [5, 5.41) is 10.2. The number of rotatable bonds is 3. The van der Waals surface area contributed by atoms with Gasteiger partial charge in [0.05, 0.1) is 10.5 Å². The number of hydrogen-bond acceptors (Lipinski definition) is 1. The summed E-state index contributed by atoms with van der Waals surface area (Å²) in [6.45, 7) is 0. The molecular formula is C11H10ClNO2. The van der Waals surface area contributed by atoms with Crippen molar-refractivity contribution in [3.05, 3.63) is 35.0 Å². The molecule has 1 aromatic heterocycles. The van der Waals surface area contributed by atoms with Crippen LogP contribution < -0.4 is 0 Å². The standard InChI is InChI=1S/C11H10ClNO2/c12-9-6-13-11-7(4-5-10(14)15)2-1-3-8(9)11/h1-3,6,13H,4-5H2,(H,14,15). The normalized spacial score (nSPS) is 10.7. The van der Waals surface area contributed by atoms with E-state index in [-0.39, 0.29) is 6.42 Å². The molecular weight excluding hydrogens is 214 g/mol. The maximum absolute atomic E-state index is 10.5. The number of carbonyl (C=O) groups is 1. The lowest BCUT2D eigenvalue weighted by Gasteiger charge is -2.00. The second-order valence-electron chi connectivity index (χ2n) is 3.37. The lowest BCUT2D eigenvalue weighted by atomic mass is 10.1. The molecule has 78 valence electrons. The molecule has 0 unspecified atom stereocenters. The molecule has 0 amide bonds.